The smallest absolute Gasteiger partial charge is 0.0726 e. The van der Waals surface area contributed by atoms with Gasteiger partial charge in [-0.1, -0.05) is 164 Å². The predicted molar refractivity (Wildman–Crippen MR) is 247 cm³/mol. The molecule has 11 aromatic rings. The Kier molecular flexibility index (Phi) is 5.91. The van der Waals surface area contributed by atoms with E-state index in [4.69, 9.17) is 0 Å². The summed E-state index contributed by atoms with van der Waals surface area (Å²) in [5.41, 5.74) is 12.0. The summed E-state index contributed by atoms with van der Waals surface area (Å²) >= 11 is 0. The van der Waals surface area contributed by atoms with Crippen LogP contribution in [0.25, 0.3) is 71.3 Å². The fourth-order valence-corrected chi connectivity index (χ4v) is 10.5. The van der Waals surface area contributed by atoms with Gasteiger partial charge in [0.15, 0.2) is 0 Å². The van der Waals surface area contributed by atoms with Crippen LogP contribution in [0, 0.1) is 0 Å². The van der Waals surface area contributed by atoms with Crippen molar-refractivity contribution in [2.24, 2.45) is 0 Å². The van der Waals surface area contributed by atoms with Gasteiger partial charge in [0.05, 0.1) is 27.6 Å². The predicted octanol–water partition coefficient (Wildman–Crippen LogP) is 14.9. The van der Waals surface area contributed by atoms with E-state index >= 15 is 0 Å². The monoisotopic (exact) mass is 752 g/mol. The molecule has 0 bridgehead atoms. The molecule has 2 nitrogen and oxygen atoms in total. The molecule has 0 saturated heterocycles. The van der Waals surface area contributed by atoms with Crippen LogP contribution < -0.4 is 4.90 Å². The van der Waals surface area contributed by atoms with Gasteiger partial charge in [-0.3, -0.25) is 0 Å². The van der Waals surface area contributed by atoms with Crippen molar-refractivity contribution >= 4 is 60.4 Å². The summed E-state index contributed by atoms with van der Waals surface area (Å²) < 4.78 is 40.5. The number of aromatic nitrogens is 1. The van der Waals surface area contributed by atoms with Crippen LogP contribution in [0.4, 0.5) is 17.1 Å². The molecule has 1 heterocycles. The largest absolute Gasteiger partial charge is 0.310 e. The minimum absolute atomic E-state index is 0.0215. The zero-order valence-corrected chi connectivity index (χ0v) is 31.9. The lowest BCUT2D eigenvalue weighted by molar-refractivity contribution is 0.773. The second kappa shape index (κ2) is 12.2. The summed E-state index contributed by atoms with van der Waals surface area (Å²) in [6.07, 6.45) is 0. The summed E-state index contributed by atoms with van der Waals surface area (Å²) in [5, 5.41) is 6.66. The number of fused-ring (bicyclic) bond motifs is 13. The molecule has 0 aliphatic heterocycles. The number of hydrogen-bond donors (Lipinski definition) is 0. The molecule has 10 aromatic carbocycles. The number of hydrogen-bond acceptors (Lipinski definition) is 1. The van der Waals surface area contributed by atoms with E-state index in [9.17, 15) is 5.48 Å². The topological polar surface area (TPSA) is 8.17 Å². The van der Waals surface area contributed by atoms with E-state index in [2.05, 4.69) is 198 Å². The van der Waals surface area contributed by atoms with Crippen molar-refractivity contribution in [3.05, 3.63) is 241 Å². The maximum absolute atomic E-state index is 9.90. The molecule has 1 atom stereocenters. The third-order valence-electron chi connectivity index (χ3n) is 12.8. The number of benzene rings is 10. The third-order valence-corrected chi connectivity index (χ3v) is 12.8. The Morgan fingerprint density at radius 1 is 0.424 bits per heavy atom. The van der Waals surface area contributed by atoms with Gasteiger partial charge < -0.3 is 9.47 Å². The molecule has 13 rings (SSSR count). The number of rotatable bonds is 4. The van der Waals surface area contributed by atoms with E-state index in [1.165, 1.54) is 0 Å². The highest BCUT2D eigenvalue weighted by molar-refractivity contribution is 6.12. The first-order chi connectivity index (χ1) is 30.9. The highest BCUT2D eigenvalue weighted by Gasteiger charge is 2.51. The summed E-state index contributed by atoms with van der Waals surface area (Å²) in [4.78, 5) is 2.30. The Bertz CT molecular complexity index is 3750. The molecule has 0 radical (unpaired) electrons. The highest BCUT2D eigenvalue weighted by atomic mass is 15.1. The summed E-state index contributed by atoms with van der Waals surface area (Å²) in [6.45, 7) is 0. The lowest BCUT2D eigenvalue weighted by atomic mass is 9.61. The van der Waals surface area contributed by atoms with Gasteiger partial charge in [0.1, 0.15) is 0 Å². The average molecular weight is 753 g/mol. The SMILES string of the molecule is [2H]c1c([2H])c([2H])c2c(c1[2H])-c1c(N(c3ccc4ccccc4c3)c3ccc4c(c3)c3ccccc3n4-c3ccccc3)cccc1C21c2ccccc2-c2cccc3cccc1c23. The zero-order valence-electron chi connectivity index (χ0n) is 35.9. The maximum Gasteiger partial charge on any atom is 0.0726 e. The Morgan fingerprint density at radius 3 is 2.02 bits per heavy atom. The van der Waals surface area contributed by atoms with Crippen molar-refractivity contribution in [2.45, 2.75) is 5.41 Å². The summed E-state index contributed by atoms with van der Waals surface area (Å²) in [6, 6.07) is 67.8. The highest BCUT2D eigenvalue weighted by Crippen LogP contribution is 2.64. The molecule has 2 aliphatic carbocycles. The lowest BCUT2D eigenvalue weighted by Crippen LogP contribution is -2.31. The Labute approximate surface area is 348 Å². The fraction of sp³-hybridized carbons (Fsp3) is 0.0175. The Morgan fingerprint density at radius 2 is 1.08 bits per heavy atom. The maximum atomic E-state index is 9.90. The first-order valence-electron chi connectivity index (χ1n) is 22.2. The van der Waals surface area contributed by atoms with E-state index in [-0.39, 0.29) is 24.2 Å². The van der Waals surface area contributed by atoms with E-state index in [0.29, 0.717) is 11.1 Å². The normalized spacial score (nSPS) is 15.8. The molecular formula is C57H36N2. The average Bonchev–Trinajstić information content (AvgIpc) is 3.83. The number of nitrogens with zero attached hydrogens (tertiary/aromatic N) is 2. The molecule has 2 aliphatic rings. The van der Waals surface area contributed by atoms with Crippen LogP contribution in [0.5, 0.6) is 0 Å². The molecular weight excluding hydrogens is 713 g/mol. The third kappa shape index (κ3) is 4.35. The quantitative estimate of drug-likeness (QED) is 0.174. The van der Waals surface area contributed by atoms with Gasteiger partial charge in [-0.05, 0) is 115 Å². The summed E-state index contributed by atoms with van der Waals surface area (Å²) in [7, 11) is 0. The van der Waals surface area contributed by atoms with Crippen LogP contribution in [0.15, 0.2) is 218 Å². The molecule has 2 heteroatoms. The standard InChI is InChI=1S/C57H36N2/c1-2-19-40(20-3-1)59-52-29-11-8-22-44(52)47-36-42(33-34-53(47)59)58(41-32-31-37-15-4-5-16-39(37)35-41)54-30-14-28-51-56(54)46-23-7-10-26-49(46)57(51)48-25-9-6-21-43(48)45-24-12-17-38-18-13-27-50(57)55(38)45/h1-36H/i7D,10D,23D,26D. The van der Waals surface area contributed by atoms with Crippen molar-refractivity contribution in [1.29, 1.82) is 0 Å². The second-order valence-corrected chi connectivity index (χ2v) is 15.7. The van der Waals surface area contributed by atoms with Crippen molar-refractivity contribution < 1.29 is 5.48 Å². The van der Waals surface area contributed by atoms with Gasteiger partial charge in [0, 0.05) is 33.4 Å². The van der Waals surface area contributed by atoms with E-state index < -0.39 is 5.41 Å². The van der Waals surface area contributed by atoms with Crippen LogP contribution in [0.1, 0.15) is 27.7 Å². The zero-order chi connectivity index (χ0) is 42.1. The molecule has 1 spiro atoms. The van der Waals surface area contributed by atoms with Crippen LogP contribution in [0.3, 0.4) is 0 Å². The van der Waals surface area contributed by atoms with Crippen LogP contribution in [-0.4, -0.2) is 4.57 Å². The van der Waals surface area contributed by atoms with Crippen molar-refractivity contribution in [1.82, 2.24) is 4.57 Å². The Hall–Kier alpha value is -7.68. The van der Waals surface area contributed by atoms with Gasteiger partial charge in [-0.15, -0.1) is 0 Å². The summed E-state index contributed by atoms with van der Waals surface area (Å²) in [5.74, 6) is 0. The van der Waals surface area contributed by atoms with Crippen LogP contribution >= 0.6 is 0 Å². The number of para-hydroxylation sites is 2. The van der Waals surface area contributed by atoms with Crippen molar-refractivity contribution in [3.8, 4) is 27.9 Å². The molecule has 0 N–H and O–H groups in total. The minimum Gasteiger partial charge on any atom is -0.310 e. The molecule has 1 unspecified atom stereocenters. The molecule has 0 amide bonds. The molecule has 0 fully saturated rings. The first-order valence-corrected chi connectivity index (χ1v) is 20.2. The molecule has 59 heavy (non-hydrogen) atoms. The molecule has 274 valence electrons. The van der Waals surface area contributed by atoms with Crippen molar-refractivity contribution in [2.75, 3.05) is 4.90 Å². The fourth-order valence-electron chi connectivity index (χ4n) is 10.5. The Balaban J connectivity index is 1.17. The first kappa shape index (κ1) is 28.7. The number of anilines is 3. The van der Waals surface area contributed by atoms with Gasteiger partial charge in [0.2, 0.25) is 0 Å². The van der Waals surface area contributed by atoms with E-state index in [1.54, 1.807) is 0 Å². The lowest BCUT2D eigenvalue weighted by Gasteiger charge is -2.40. The van der Waals surface area contributed by atoms with Crippen LogP contribution in [0.2, 0.25) is 0 Å². The molecule has 1 aromatic heterocycles. The van der Waals surface area contributed by atoms with Crippen LogP contribution in [-0.2, 0) is 5.41 Å². The van der Waals surface area contributed by atoms with E-state index in [1.807, 2.05) is 6.07 Å². The van der Waals surface area contributed by atoms with E-state index in [0.717, 1.165) is 99.5 Å². The molecule has 0 saturated carbocycles. The minimum atomic E-state index is -1.05. The van der Waals surface area contributed by atoms with Gasteiger partial charge in [-0.25, -0.2) is 0 Å². The second-order valence-electron chi connectivity index (χ2n) is 15.7. The van der Waals surface area contributed by atoms with Crippen molar-refractivity contribution in [3.63, 3.8) is 0 Å². The van der Waals surface area contributed by atoms with Gasteiger partial charge >= 0.3 is 0 Å². The van der Waals surface area contributed by atoms with Gasteiger partial charge in [-0.2, -0.15) is 0 Å². The van der Waals surface area contributed by atoms with Gasteiger partial charge in [0.25, 0.3) is 0 Å².